The van der Waals surface area contributed by atoms with Crippen molar-refractivity contribution in [2.75, 3.05) is 0 Å². The summed E-state index contributed by atoms with van der Waals surface area (Å²) < 4.78 is 1.87. The average Bonchev–Trinajstić information content (AvgIpc) is 2.93. The smallest absolute Gasteiger partial charge is 0.348 e. The van der Waals surface area contributed by atoms with Crippen molar-refractivity contribution in [3.05, 3.63) is 29.3 Å². The van der Waals surface area contributed by atoms with E-state index in [1.54, 1.807) is 0 Å². The van der Waals surface area contributed by atoms with Gasteiger partial charge in [-0.15, -0.1) is 0 Å². The minimum atomic E-state index is -0.691. The molecule has 0 aliphatic carbocycles. The summed E-state index contributed by atoms with van der Waals surface area (Å²) in [6.07, 6.45) is 0.873. The van der Waals surface area contributed by atoms with Gasteiger partial charge in [0.05, 0.1) is 11.1 Å². The van der Waals surface area contributed by atoms with Gasteiger partial charge in [-0.05, 0) is 31.7 Å². The van der Waals surface area contributed by atoms with Gasteiger partial charge in [-0.1, -0.05) is 25.1 Å². The molecule has 6 heteroatoms. The molecule has 23 heavy (non-hydrogen) atoms. The number of para-hydroxylation sites is 1. The molecular formula is C17H17N3O3. The molecule has 0 fully saturated rings. The Morgan fingerprint density at radius 3 is 2.74 bits per heavy atom. The molecule has 1 atom stereocenters. The number of carbonyl (C=O) groups excluding carboxylic acids is 2. The first kappa shape index (κ1) is 14.0. The van der Waals surface area contributed by atoms with Crippen molar-refractivity contribution < 1.29 is 14.7 Å². The molecule has 118 valence electrons. The maximum absolute atomic E-state index is 12.0. The van der Waals surface area contributed by atoms with E-state index in [0.717, 1.165) is 22.9 Å². The zero-order valence-electron chi connectivity index (χ0n) is 13.2. The highest BCUT2D eigenvalue weighted by atomic mass is 16.3. The molecule has 0 saturated carbocycles. The van der Waals surface area contributed by atoms with Crippen LogP contribution in [0.2, 0.25) is 0 Å². The molecule has 6 nitrogen and oxygen atoms in total. The minimum absolute atomic E-state index is 0.00653. The topological polar surface area (TPSA) is 83.7 Å². The number of aromatic hydroxyl groups is 1. The van der Waals surface area contributed by atoms with E-state index in [0.29, 0.717) is 11.5 Å². The van der Waals surface area contributed by atoms with E-state index >= 15 is 0 Å². The molecular weight excluding hydrogens is 294 g/mol. The number of nitrogens with zero attached hydrogens (tertiary/aromatic N) is 2. The van der Waals surface area contributed by atoms with Gasteiger partial charge in [0.15, 0.2) is 0 Å². The SMILES string of the molecule is CC1CC(C)(C)n2c(O)c(C3=NC(=O)NC3=O)c3cccc1c32. The normalized spacial score (nSPS) is 22.4. The third-order valence-corrected chi connectivity index (χ3v) is 4.82. The molecule has 0 saturated heterocycles. The van der Waals surface area contributed by atoms with Gasteiger partial charge in [-0.25, -0.2) is 4.79 Å². The number of hydrogen-bond acceptors (Lipinski definition) is 3. The van der Waals surface area contributed by atoms with Crippen molar-refractivity contribution in [2.45, 2.75) is 38.6 Å². The van der Waals surface area contributed by atoms with Gasteiger partial charge in [0.25, 0.3) is 5.91 Å². The van der Waals surface area contributed by atoms with Gasteiger partial charge >= 0.3 is 6.03 Å². The highest BCUT2D eigenvalue weighted by molar-refractivity contribution is 6.53. The van der Waals surface area contributed by atoms with E-state index in [-0.39, 0.29) is 17.1 Å². The van der Waals surface area contributed by atoms with Crippen molar-refractivity contribution >= 4 is 28.6 Å². The van der Waals surface area contributed by atoms with E-state index in [9.17, 15) is 14.7 Å². The van der Waals surface area contributed by atoms with Gasteiger partial charge in [-0.3, -0.25) is 10.1 Å². The number of hydrogen-bond donors (Lipinski definition) is 2. The summed E-state index contributed by atoms with van der Waals surface area (Å²) in [5.74, 6) is -0.239. The summed E-state index contributed by atoms with van der Waals surface area (Å²) in [6.45, 7) is 6.28. The Bertz CT molecular complexity index is 921. The molecule has 0 bridgehead atoms. The number of benzene rings is 1. The van der Waals surface area contributed by atoms with Gasteiger partial charge in [0.1, 0.15) is 5.71 Å². The molecule has 3 amide bonds. The molecule has 2 aromatic rings. The third kappa shape index (κ3) is 1.72. The van der Waals surface area contributed by atoms with Crippen LogP contribution in [-0.4, -0.2) is 27.3 Å². The summed E-state index contributed by atoms with van der Waals surface area (Å²) in [6, 6.07) is 5.12. The maximum atomic E-state index is 12.0. The van der Waals surface area contributed by atoms with Crippen LogP contribution < -0.4 is 5.32 Å². The van der Waals surface area contributed by atoms with Gasteiger partial charge in [0, 0.05) is 10.9 Å². The zero-order chi connectivity index (χ0) is 16.5. The van der Waals surface area contributed by atoms with Crippen LogP contribution in [0.3, 0.4) is 0 Å². The van der Waals surface area contributed by atoms with Crippen LogP contribution in [-0.2, 0) is 10.3 Å². The number of amides is 3. The second kappa shape index (κ2) is 4.22. The maximum Gasteiger partial charge on any atom is 0.348 e. The predicted octanol–water partition coefficient (Wildman–Crippen LogP) is 2.63. The molecule has 4 rings (SSSR count). The lowest BCUT2D eigenvalue weighted by atomic mass is 9.82. The molecule has 2 N–H and O–H groups in total. The molecule has 1 unspecified atom stereocenters. The summed E-state index contributed by atoms with van der Waals surface area (Å²) in [5.41, 5.74) is 2.08. The van der Waals surface area contributed by atoms with Gasteiger partial charge < -0.3 is 9.67 Å². The van der Waals surface area contributed by atoms with Crippen molar-refractivity contribution in [3.63, 3.8) is 0 Å². The van der Waals surface area contributed by atoms with Crippen LogP contribution in [0.5, 0.6) is 5.88 Å². The standard InChI is InChI=1S/C17H17N3O3/c1-8-7-17(2,3)20-13-9(8)5-4-6-10(13)11(15(20)22)12-14(21)19-16(23)18-12/h4-6,8,22H,7H2,1-3H3,(H,19,21,23). The molecule has 0 radical (unpaired) electrons. The molecule has 1 aromatic carbocycles. The fraction of sp³-hybridized carbons (Fsp3) is 0.353. The molecule has 3 heterocycles. The van der Waals surface area contributed by atoms with Crippen LogP contribution in [0.15, 0.2) is 23.2 Å². The number of urea groups is 1. The Labute approximate surface area is 132 Å². The zero-order valence-corrected chi connectivity index (χ0v) is 13.2. The fourth-order valence-electron chi connectivity index (χ4n) is 4.03. The lowest BCUT2D eigenvalue weighted by Gasteiger charge is -2.36. The van der Waals surface area contributed by atoms with E-state index < -0.39 is 11.9 Å². The Morgan fingerprint density at radius 1 is 1.35 bits per heavy atom. The van der Waals surface area contributed by atoms with Crippen molar-refractivity contribution in [1.82, 2.24) is 9.88 Å². The summed E-state index contributed by atoms with van der Waals surface area (Å²) in [4.78, 5) is 27.2. The highest BCUT2D eigenvalue weighted by Crippen LogP contribution is 2.47. The third-order valence-electron chi connectivity index (χ3n) is 4.82. The monoisotopic (exact) mass is 311 g/mol. The lowest BCUT2D eigenvalue weighted by Crippen LogP contribution is -2.31. The number of imide groups is 1. The van der Waals surface area contributed by atoms with E-state index in [1.165, 1.54) is 0 Å². The van der Waals surface area contributed by atoms with Crippen LogP contribution in [0.4, 0.5) is 4.79 Å². The van der Waals surface area contributed by atoms with Gasteiger partial charge in [0.2, 0.25) is 5.88 Å². The largest absolute Gasteiger partial charge is 0.494 e. The van der Waals surface area contributed by atoms with E-state index in [1.807, 2.05) is 22.8 Å². The van der Waals surface area contributed by atoms with Crippen LogP contribution >= 0.6 is 0 Å². The average molecular weight is 311 g/mol. The second-order valence-corrected chi connectivity index (χ2v) is 6.91. The van der Waals surface area contributed by atoms with E-state index in [4.69, 9.17) is 0 Å². The first-order chi connectivity index (χ1) is 10.8. The molecule has 2 aliphatic rings. The minimum Gasteiger partial charge on any atom is -0.494 e. The number of aliphatic imine (C=N–C) groups is 1. The first-order valence-electron chi connectivity index (χ1n) is 7.62. The summed E-state index contributed by atoms with van der Waals surface area (Å²) in [5, 5.41) is 13.7. The predicted molar refractivity (Wildman–Crippen MR) is 86.0 cm³/mol. The van der Waals surface area contributed by atoms with Crippen molar-refractivity contribution in [2.24, 2.45) is 4.99 Å². The Kier molecular flexibility index (Phi) is 2.57. The summed E-state index contributed by atoms with van der Waals surface area (Å²) >= 11 is 0. The highest BCUT2D eigenvalue weighted by Gasteiger charge is 2.39. The van der Waals surface area contributed by atoms with E-state index in [2.05, 4.69) is 31.1 Å². The number of carbonyl (C=O) groups is 2. The lowest BCUT2D eigenvalue weighted by molar-refractivity contribution is -0.113. The summed E-state index contributed by atoms with van der Waals surface area (Å²) in [7, 11) is 0. The van der Waals surface area contributed by atoms with Crippen LogP contribution in [0.1, 0.15) is 44.2 Å². The first-order valence-corrected chi connectivity index (χ1v) is 7.62. The van der Waals surface area contributed by atoms with Crippen molar-refractivity contribution in [3.8, 4) is 5.88 Å². The van der Waals surface area contributed by atoms with Crippen LogP contribution in [0, 0.1) is 0 Å². The Balaban J connectivity index is 2.14. The Hall–Kier alpha value is -2.63. The molecule has 0 spiro atoms. The fourth-order valence-corrected chi connectivity index (χ4v) is 4.03. The van der Waals surface area contributed by atoms with Gasteiger partial charge in [-0.2, -0.15) is 4.99 Å². The van der Waals surface area contributed by atoms with Crippen LogP contribution in [0.25, 0.3) is 10.9 Å². The molecule has 2 aliphatic heterocycles. The quantitative estimate of drug-likeness (QED) is 0.849. The van der Waals surface area contributed by atoms with Crippen molar-refractivity contribution in [1.29, 1.82) is 0 Å². The Morgan fingerprint density at radius 2 is 2.09 bits per heavy atom. The molecule has 1 aromatic heterocycles. The number of aromatic nitrogens is 1. The number of nitrogens with one attached hydrogen (secondary N) is 1. The second-order valence-electron chi connectivity index (χ2n) is 6.91. The number of rotatable bonds is 1.